The Kier molecular flexibility index (Phi) is 5.90. The smallest absolute Gasteiger partial charge is 0.320 e. The van der Waals surface area contributed by atoms with E-state index in [1.165, 1.54) is 0 Å². The van der Waals surface area contributed by atoms with E-state index in [0.29, 0.717) is 19.1 Å². The van der Waals surface area contributed by atoms with Crippen molar-refractivity contribution in [2.24, 2.45) is 5.92 Å². The van der Waals surface area contributed by atoms with Gasteiger partial charge in [-0.25, -0.2) is 0 Å². The number of ether oxygens (including phenoxy) is 2. The molecular weight excluding hydrogens is 232 g/mol. The zero-order chi connectivity index (χ0) is 12.6. The summed E-state index contributed by atoms with van der Waals surface area (Å²) in [6, 6.07) is 0. The lowest BCUT2D eigenvalue weighted by molar-refractivity contribution is -0.147. The Morgan fingerprint density at radius 2 is 2.11 bits per heavy atom. The summed E-state index contributed by atoms with van der Waals surface area (Å²) < 4.78 is 10.7. The maximum atomic E-state index is 11.8. The molecule has 0 amide bonds. The third-order valence-corrected chi connectivity index (χ3v) is 3.61. The summed E-state index contributed by atoms with van der Waals surface area (Å²) in [7, 11) is 0. The quantitative estimate of drug-likeness (QED) is 0.731. The molecule has 2 aliphatic rings. The topological polar surface area (TPSA) is 50.8 Å². The fourth-order valence-corrected chi connectivity index (χ4v) is 2.41. The first-order valence-electron chi connectivity index (χ1n) is 7.01. The van der Waals surface area contributed by atoms with Crippen LogP contribution in [-0.4, -0.2) is 63.4 Å². The van der Waals surface area contributed by atoms with Gasteiger partial charge in [0.25, 0.3) is 0 Å². The van der Waals surface area contributed by atoms with Crippen molar-refractivity contribution in [3.8, 4) is 0 Å². The second kappa shape index (κ2) is 7.71. The van der Waals surface area contributed by atoms with Gasteiger partial charge in [0.15, 0.2) is 0 Å². The summed E-state index contributed by atoms with van der Waals surface area (Å²) in [6.45, 7) is 6.55. The Morgan fingerprint density at radius 1 is 1.28 bits per heavy atom. The van der Waals surface area contributed by atoms with E-state index in [-0.39, 0.29) is 5.97 Å². The summed E-state index contributed by atoms with van der Waals surface area (Å²) >= 11 is 0. The Hall–Kier alpha value is -0.650. The van der Waals surface area contributed by atoms with Gasteiger partial charge in [0.1, 0.15) is 0 Å². The van der Waals surface area contributed by atoms with Crippen LogP contribution in [0, 0.1) is 5.92 Å². The summed E-state index contributed by atoms with van der Waals surface area (Å²) in [5.74, 6) is 0.414. The van der Waals surface area contributed by atoms with E-state index in [1.54, 1.807) is 0 Å². The monoisotopic (exact) mass is 256 g/mol. The molecule has 0 atom stereocenters. The lowest BCUT2D eigenvalue weighted by atomic mass is 10.0. The van der Waals surface area contributed by atoms with Crippen LogP contribution in [0.5, 0.6) is 0 Å². The highest BCUT2D eigenvalue weighted by Gasteiger charge is 2.17. The van der Waals surface area contributed by atoms with Gasteiger partial charge in [-0.1, -0.05) is 0 Å². The van der Waals surface area contributed by atoms with Crippen LogP contribution in [0.4, 0.5) is 0 Å². The van der Waals surface area contributed by atoms with Crippen LogP contribution in [0.15, 0.2) is 0 Å². The Balaban J connectivity index is 1.61. The van der Waals surface area contributed by atoms with E-state index in [2.05, 4.69) is 10.2 Å². The highest BCUT2D eigenvalue weighted by atomic mass is 16.5. The standard InChI is InChI=1S/C13H24N2O3/c16-13(10-15-6-1-4-14-5-7-15)18-11-12-2-8-17-9-3-12/h12,14H,1-11H2. The van der Waals surface area contributed by atoms with Gasteiger partial charge >= 0.3 is 5.97 Å². The highest BCUT2D eigenvalue weighted by Crippen LogP contribution is 2.14. The average Bonchev–Trinajstić information content (AvgIpc) is 2.66. The van der Waals surface area contributed by atoms with Gasteiger partial charge < -0.3 is 14.8 Å². The number of nitrogens with zero attached hydrogens (tertiary/aromatic N) is 1. The summed E-state index contributed by atoms with van der Waals surface area (Å²) in [4.78, 5) is 13.9. The molecule has 5 nitrogen and oxygen atoms in total. The maximum Gasteiger partial charge on any atom is 0.320 e. The predicted octanol–water partition coefficient (Wildman–Crippen LogP) is 0.252. The fourth-order valence-electron chi connectivity index (χ4n) is 2.41. The molecule has 0 unspecified atom stereocenters. The van der Waals surface area contributed by atoms with Crippen LogP contribution in [0.25, 0.3) is 0 Å². The lowest BCUT2D eigenvalue weighted by Crippen LogP contribution is -2.34. The van der Waals surface area contributed by atoms with Gasteiger partial charge in [0.2, 0.25) is 0 Å². The Labute approximate surface area is 109 Å². The average molecular weight is 256 g/mol. The Bertz CT molecular complexity index is 247. The van der Waals surface area contributed by atoms with Gasteiger partial charge in [-0.15, -0.1) is 0 Å². The van der Waals surface area contributed by atoms with Gasteiger partial charge in [-0.05, 0) is 38.3 Å². The van der Waals surface area contributed by atoms with E-state index in [0.717, 1.165) is 58.7 Å². The van der Waals surface area contributed by atoms with Crippen molar-refractivity contribution in [3.63, 3.8) is 0 Å². The Morgan fingerprint density at radius 3 is 2.94 bits per heavy atom. The van der Waals surface area contributed by atoms with Crippen LogP contribution in [0.2, 0.25) is 0 Å². The zero-order valence-corrected chi connectivity index (χ0v) is 11.0. The van der Waals surface area contributed by atoms with E-state index in [9.17, 15) is 4.79 Å². The van der Waals surface area contributed by atoms with Crippen molar-refractivity contribution in [1.29, 1.82) is 0 Å². The minimum atomic E-state index is -0.0802. The van der Waals surface area contributed by atoms with E-state index >= 15 is 0 Å². The van der Waals surface area contributed by atoms with Crippen molar-refractivity contribution in [2.75, 3.05) is 52.5 Å². The zero-order valence-electron chi connectivity index (χ0n) is 11.0. The SMILES string of the molecule is O=C(CN1CCCNCC1)OCC1CCOCC1. The molecule has 0 saturated carbocycles. The molecule has 2 rings (SSSR count). The number of hydrogen-bond donors (Lipinski definition) is 1. The van der Waals surface area contributed by atoms with Gasteiger partial charge in [-0.2, -0.15) is 0 Å². The minimum Gasteiger partial charge on any atom is -0.464 e. The number of hydrogen-bond acceptors (Lipinski definition) is 5. The molecule has 0 aromatic rings. The van der Waals surface area contributed by atoms with E-state index < -0.39 is 0 Å². The van der Waals surface area contributed by atoms with Crippen molar-refractivity contribution in [1.82, 2.24) is 10.2 Å². The molecule has 2 aliphatic heterocycles. The molecule has 0 aromatic heterocycles. The van der Waals surface area contributed by atoms with Crippen LogP contribution in [0.3, 0.4) is 0 Å². The fraction of sp³-hybridized carbons (Fsp3) is 0.923. The number of carbonyl (C=O) groups excluding carboxylic acids is 1. The van der Waals surface area contributed by atoms with E-state index in [1.807, 2.05) is 0 Å². The first kappa shape index (κ1) is 13.8. The van der Waals surface area contributed by atoms with Crippen LogP contribution < -0.4 is 5.32 Å². The van der Waals surface area contributed by atoms with Crippen molar-refractivity contribution >= 4 is 5.97 Å². The molecule has 2 fully saturated rings. The second-order valence-corrected chi connectivity index (χ2v) is 5.12. The molecule has 1 N–H and O–H groups in total. The molecule has 0 radical (unpaired) electrons. The predicted molar refractivity (Wildman–Crippen MR) is 68.4 cm³/mol. The molecule has 0 aromatic carbocycles. The number of esters is 1. The molecule has 2 saturated heterocycles. The number of carbonyl (C=O) groups is 1. The van der Waals surface area contributed by atoms with Crippen LogP contribution in [-0.2, 0) is 14.3 Å². The number of rotatable bonds is 4. The largest absolute Gasteiger partial charge is 0.464 e. The first-order chi connectivity index (χ1) is 8.84. The summed E-state index contributed by atoms with van der Waals surface area (Å²) in [6.07, 6.45) is 3.13. The van der Waals surface area contributed by atoms with Gasteiger partial charge in [0.05, 0.1) is 13.2 Å². The minimum absolute atomic E-state index is 0.0802. The van der Waals surface area contributed by atoms with Gasteiger partial charge in [0, 0.05) is 26.3 Å². The van der Waals surface area contributed by atoms with Crippen molar-refractivity contribution < 1.29 is 14.3 Å². The first-order valence-corrected chi connectivity index (χ1v) is 7.01. The molecule has 2 heterocycles. The lowest BCUT2D eigenvalue weighted by Gasteiger charge is -2.23. The van der Waals surface area contributed by atoms with Crippen LogP contribution in [0.1, 0.15) is 19.3 Å². The van der Waals surface area contributed by atoms with Crippen molar-refractivity contribution in [2.45, 2.75) is 19.3 Å². The second-order valence-electron chi connectivity index (χ2n) is 5.12. The normalized spacial score (nSPS) is 23.6. The third kappa shape index (κ3) is 4.92. The van der Waals surface area contributed by atoms with Crippen LogP contribution >= 0.6 is 0 Å². The summed E-state index contributed by atoms with van der Waals surface area (Å²) in [5.41, 5.74) is 0. The van der Waals surface area contributed by atoms with E-state index in [4.69, 9.17) is 9.47 Å². The third-order valence-electron chi connectivity index (χ3n) is 3.61. The molecule has 0 bridgehead atoms. The van der Waals surface area contributed by atoms with Gasteiger partial charge in [-0.3, -0.25) is 9.69 Å². The highest BCUT2D eigenvalue weighted by molar-refractivity contribution is 5.71. The maximum absolute atomic E-state index is 11.8. The number of nitrogens with one attached hydrogen (secondary N) is 1. The molecule has 18 heavy (non-hydrogen) atoms. The molecule has 104 valence electrons. The molecular formula is C13H24N2O3. The molecule has 0 spiro atoms. The molecule has 5 heteroatoms. The van der Waals surface area contributed by atoms with Crippen molar-refractivity contribution in [3.05, 3.63) is 0 Å². The molecule has 0 aliphatic carbocycles. The summed E-state index contributed by atoms with van der Waals surface area (Å²) in [5, 5.41) is 3.33.